The topological polar surface area (TPSA) is 103 Å². The zero-order valence-electron chi connectivity index (χ0n) is 14.0. The van der Waals surface area contributed by atoms with Gasteiger partial charge in [-0.3, -0.25) is 4.40 Å². The Kier molecular flexibility index (Phi) is 4.48. The lowest BCUT2D eigenvalue weighted by atomic mass is 9.85. The number of morpholine rings is 1. The molecule has 0 amide bonds. The highest BCUT2D eigenvalue weighted by Gasteiger charge is 2.28. The molecule has 1 aliphatic carbocycles. The SMILES string of the molecule is N[C@@H]1CCC[C@H](c2nnc3cc(S(=O)(=O)N4CCOCC4)ccn23)C1. The molecule has 3 heterocycles. The first-order valence-corrected chi connectivity index (χ1v) is 10.2. The van der Waals surface area contributed by atoms with E-state index in [-0.39, 0.29) is 16.9 Å². The maximum Gasteiger partial charge on any atom is 0.243 e. The Morgan fingerprint density at radius 2 is 2.00 bits per heavy atom. The summed E-state index contributed by atoms with van der Waals surface area (Å²) in [5.74, 6) is 1.15. The molecule has 2 atom stereocenters. The second-order valence-corrected chi connectivity index (χ2v) is 8.73. The Morgan fingerprint density at radius 3 is 2.76 bits per heavy atom. The minimum absolute atomic E-state index is 0.201. The lowest BCUT2D eigenvalue weighted by molar-refractivity contribution is 0.0730. The molecule has 2 aromatic rings. The number of pyridine rings is 1. The van der Waals surface area contributed by atoms with E-state index in [1.54, 1.807) is 18.3 Å². The van der Waals surface area contributed by atoms with E-state index in [4.69, 9.17) is 10.5 Å². The molecule has 0 spiro atoms. The van der Waals surface area contributed by atoms with Crippen molar-refractivity contribution in [2.24, 2.45) is 5.73 Å². The predicted molar refractivity (Wildman–Crippen MR) is 91.7 cm³/mol. The first-order chi connectivity index (χ1) is 12.1. The molecule has 1 aliphatic heterocycles. The van der Waals surface area contributed by atoms with E-state index in [1.165, 1.54) is 4.31 Å². The monoisotopic (exact) mass is 365 g/mol. The van der Waals surface area contributed by atoms with Gasteiger partial charge < -0.3 is 10.5 Å². The Hall–Kier alpha value is -1.55. The van der Waals surface area contributed by atoms with E-state index in [1.807, 2.05) is 4.40 Å². The molecule has 1 saturated heterocycles. The summed E-state index contributed by atoms with van der Waals surface area (Å²) in [6.45, 7) is 1.62. The van der Waals surface area contributed by atoms with Crippen LogP contribution < -0.4 is 5.73 Å². The van der Waals surface area contributed by atoms with Gasteiger partial charge in [-0.1, -0.05) is 6.42 Å². The number of rotatable bonds is 3. The van der Waals surface area contributed by atoms with Gasteiger partial charge in [0, 0.05) is 37.3 Å². The van der Waals surface area contributed by atoms with Crippen LogP contribution >= 0.6 is 0 Å². The van der Waals surface area contributed by atoms with Crippen molar-refractivity contribution >= 4 is 15.7 Å². The maximum atomic E-state index is 12.8. The molecule has 0 bridgehead atoms. The highest BCUT2D eigenvalue weighted by molar-refractivity contribution is 7.89. The minimum Gasteiger partial charge on any atom is -0.379 e. The summed E-state index contributed by atoms with van der Waals surface area (Å²) >= 11 is 0. The van der Waals surface area contributed by atoms with Crippen LogP contribution in [-0.2, 0) is 14.8 Å². The molecule has 0 radical (unpaired) electrons. The third-order valence-electron chi connectivity index (χ3n) is 5.10. The van der Waals surface area contributed by atoms with E-state index in [0.717, 1.165) is 31.5 Å². The number of nitrogens with zero attached hydrogens (tertiary/aromatic N) is 4. The standard InChI is InChI=1S/C16H23N5O3S/c17-13-3-1-2-12(10-13)16-19-18-15-11-14(4-5-21(15)16)25(22,23)20-6-8-24-9-7-20/h4-5,11-13H,1-3,6-10,17H2/t12-,13+/m0/s1. The van der Waals surface area contributed by atoms with Crippen LogP contribution in [0.3, 0.4) is 0 Å². The number of fused-ring (bicyclic) bond motifs is 1. The smallest absolute Gasteiger partial charge is 0.243 e. The Labute approximate surface area is 147 Å². The second kappa shape index (κ2) is 6.64. The summed E-state index contributed by atoms with van der Waals surface area (Å²) in [5, 5.41) is 8.52. The molecule has 2 fully saturated rings. The fourth-order valence-corrected chi connectivity index (χ4v) is 5.14. The molecule has 2 aliphatic rings. The van der Waals surface area contributed by atoms with Gasteiger partial charge in [0.05, 0.1) is 18.1 Å². The first-order valence-electron chi connectivity index (χ1n) is 8.74. The molecule has 2 N–H and O–H groups in total. The number of sulfonamides is 1. The van der Waals surface area contributed by atoms with E-state index in [9.17, 15) is 8.42 Å². The largest absolute Gasteiger partial charge is 0.379 e. The number of hydrogen-bond donors (Lipinski definition) is 1. The molecule has 136 valence electrons. The van der Waals surface area contributed by atoms with Crippen LogP contribution in [0.25, 0.3) is 5.65 Å². The van der Waals surface area contributed by atoms with Crippen molar-refractivity contribution in [2.75, 3.05) is 26.3 Å². The molecule has 8 nitrogen and oxygen atoms in total. The van der Waals surface area contributed by atoms with Crippen molar-refractivity contribution in [3.63, 3.8) is 0 Å². The van der Waals surface area contributed by atoms with Gasteiger partial charge in [0.25, 0.3) is 0 Å². The van der Waals surface area contributed by atoms with Gasteiger partial charge in [-0.15, -0.1) is 10.2 Å². The van der Waals surface area contributed by atoms with Crippen molar-refractivity contribution in [3.05, 3.63) is 24.2 Å². The van der Waals surface area contributed by atoms with Gasteiger partial charge in [-0.05, 0) is 25.3 Å². The highest BCUT2D eigenvalue weighted by atomic mass is 32.2. The Morgan fingerprint density at radius 1 is 1.20 bits per heavy atom. The summed E-state index contributed by atoms with van der Waals surface area (Å²) in [7, 11) is -3.53. The van der Waals surface area contributed by atoms with Crippen molar-refractivity contribution in [2.45, 2.75) is 42.5 Å². The molecule has 9 heteroatoms. The lowest BCUT2D eigenvalue weighted by Gasteiger charge is -2.26. The van der Waals surface area contributed by atoms with Crippen molar-refractivity contribution in [3.8, 4) is 0 Å². The average Bonchev–Trinajstić information content (AvgIpc) is 3.05. The van der Waals surface area contributed by atoms with Crippen LogP contribution in [0.1, 0.15) is 37.4 Å². The quantitative estimate of drug-likeness (QED) is 0.860. The van der Waals surface area contributed by atoms with Gasteiger partial charge in [-0.2, -0.15) is 4.31 Å². The van der Waals surface area contributed by atoms with Crippen LogP contribution in [-0.4, -0.2) is 59.7 Å². The zero-order valence-corrected chi connectivity index (χ0v) is 14.9. The third-order valence-corrected chi connectivity index (χ3v) is 6.99. The second-order valence-electron chi connectivity index (χ2n) is 6.79. The average molecular weight is 365 g/mol. The fraction of sp³-hybridized carbons (Fsp3) is 0.625. The van der Waals surface area contributed by atoms with Crippen LogP contribution in [0.4, 0.5) is 0 Å². The van der Waals surface area contributed by atoms with E-state index < -0.39 is 10.0 Å². The van der Waals surface area contributed by atoms with Gasteiger partial charge in [0.2, 0.25) is 10.0 Å². The zero-order chi connectivity index (χ0) is 17.4. The molecular formula is C16H23N5O3S. The molecule has 4 rings (SSSR count). The predicted octanol–water partition coefficient (Wildman–Crippen LogP) is 0.735. The summed E-state index contributed by atoms with van der Waals surface area (Å²) in [5.41, 5.74) is 6.65. The van der Waals surface area contributed by atoms with Crippen LogP contribution in [0.2, 0.25) is 0 Å². The normalized spacial score (nSPS) is 26.1. The number of hydrogen-bond acceptors (Lipinski definition) is 6. The Balaban J connectivity index is 1.65. The summed E-state index contributed by atoms with van der Waals surface area (Å²) < 4.78 is 34.1. The fourth-order valence-electron chi connectivity index (χ4n) is 3.73. The summed E-state index contributed by atoms with van der Waals surface area (Å²) in [4.78, 5) is 0.251. The summed E-state index contributed by atoms with van der Waals surface area (Å²) in [6, 6.07) is 3.43. The molecule has 0 aromatic carbocycles. The van der Waals surface area contributed by atoms with Gasteiger partial charge in [-0.25, -0.2) is 8.42 Å². The first kappa shape index (κ1) is 16.9. The van der Waals surface area contributed by atoms with Crippen molar-refractivity contribution in [1.82, 2.24) is 18.9 Å². The Bertz CT molecular complexity index is 860. The molecule has 2 aromatic heterocycles. The van der Waals surface area contributed by atoms with Crippen molar-refractivity contribution in [1.29, 1.82) is 0 Å². The van der Waals surface area contributed by atoms with Crippen LogP contribution in [0.5, 0.6) is 0 Å². The molecule has 1 saturated carbocycles. The number of nitrogens with two attached hydrogens (primary N) is 1. The van der Waals surface area contributed by atoms with Crippen LogP contribution in [0.15, 0.2) is 23.2 Å². The van der Waals surface area contributed by atoms with E-state index in [0.29, 0.717) is 32.0 Å². The van der Waals surface area contributed by atoms with Gasteiger partial charge in [0.1, 0.15) is 5.82 Å². The minimum atomic E-state index is -3.53. The number of ether oxygens (including phenoxy) is 1. The van der Waals surface area contributed by atoms with E-state index in [2.05, 4.69) is 10.2 Å². The van der Waals surface area contributed by atoms with Gasteiger partial charge >= 0.3 is 0 Å². The maximum absolute atomic E-state index is 12.8. The van der Waals surface area contributed by atoms with Crippen LogP contribution in [0, 0.1) is 0 Å². The molecule has 25 heavy (non-hydrogen) atoms. The number of aromatic nitrogens is 3. The summed E-state index contributed by atoms with van der Waals surface area (Å²) in [6.07, 6.45) is 5.84. The third kappa shape index (κ3) is 3.17. The van der Waals surface area contributed by atoms with Gasteiger partial charge in [0.15, 0.2) is 5.65 Å². The van der Waals surface area contributed by atoms with E-state index >= 15 is 0 Å². The molecular weight excluding hydrogens is 342 g/mol. The molecule has 0 unspecified atom stereocenters. The van der Waals surface area contributed by atoms with Crippen molar-refractivity contribution < 1.29 is 13.2 Å². The highest BCUT2D eigenvalue weighted by Crippen LogP contribution is 2.31. The lowest BCUT2D eigenvalue weighted by Crippen LogP contribution is -2.40.